The second kappa shape index (κ2) is 10.4. The molecular formula is C29H31F3N4O4. The van der Waals surface area contributed by atoms with Crippen molar-refractivity contribution < 1.29 is 32.2 Å². The van der Waals surface area contributed by atoms with Crippen LogP contribution in [0.3, 0.4) is 0 Å². The largest absolute Gasteiger partial charge is 0.465 e. The summed E-state index contributed by atoms with van der Waals surface area (Å²) in [6, 6.07) is 8.79. The molecule has 2 aliphatic heterocycles. The highest BCUT2D eigenvalue weighted by atomic mass is 19.2. The highest BCUT2D eigenvalue weighted by Gasteiger charge is 2.49. The van der Waals surface area contributed by atoms with Crippen molar-refractivity contribution >= 4 is 17.6 Å². The van der Waals surface area contributed by atoms with E-state index in [1.54, 1.807) is 33.8 Å². The Hall–Kier alpha value is -3.70. The Labute approximate surface area is 230 Å². The molecule has 5 rings (SSSR count). The van der Waals surface area contributed by atoms with Crippen LogP contribution in [-0.2, 0) is 26.2 Å². The van der Waals surface area contributed by atoms with Crippen LogP contribution in [0.5, 0.6) is 0 Å². The average Bonchev–Trinajstić information content (AvgIpc) is 3.34. The zero-order valence-electron chi connectivity index (χ0n) is 22.8. The number of amides is 1. The molecule has 3 aromatic rings. The Morgan fingerprint density at radius 3 is 2.40 bits per heavy atom. The fourth-order valence-electron chi connectivity index (χ4n) is 5.11. The van der Waals surface area contributed by atoms with E-state index in [4.69, 9.17) is 9.47 Å². The van der Waals surface area contributed by atoms with Gasteiger partial charge in [-0.2, -0.15) is 5.10 Å². The molecule has 0 atom stereocenters. The van der Waals surface area contributed by atoms with E-state index in [1.807, 2.05) is 27.0 Å². The number of methoxy groups -OCH3 is 1. The van der Waals surface area contributed by atoms with Crippen LogP contribution in [0, 0.1) is 17.5 Å². The quantitative estimate of drug-likeness (QED) is 0.335. The standard InChI is InChI=1S/C29H31F3N4O4/c1-28(2,3)36-13-19(26(33-36)21-9-10-22(30)25(32)24(21)31)11-12-34-15-29(16-34)17-35(23(37)14-40-29)20-7-5-18(6-8-20)27(38)39-4/h5-10,13H,11-12,14-17H2,1-4H3. The van der Waals surface area contributed by atoms with Crippen molar-refractivity contribution in [2.24, 2.45) is 0 Å². The number of carbonyl (C=O) groups is 2. The molecule has 8 nitrogen and oxygen atoms in total. The number of benzene rings is 2. The molecule has 2 fully saturated rings. The van der Waals surface area contributed by atoms with Crippen LogP contribution in [0.4, 0.5) is 18.9 Å². The second-order valence-electron chi connectivity index (χ2n) is 11.3. The molecule has 0 bridgehead atoms. The third-order valence-corrected chi connectivity index (χ3v) is 7.34. The van der Waals surface area contributed by atoms with Crippen LogP contribution in [0.15, 0.2) is 42.6 Å². The zero-order valence-corrected chi connectivity index (χ0v) is 22.8. The topological polar surface area (TPSA) is 76.9 Å². The van der Waals surface area contributed by atoms with Gasteiger partial charge in [0, 0.05) is 37.1 Å². The fourth-order valence-corrected chi connectivity index (χ4v) is 5.11. The monoisotopic (exact) mass is 556 g/mol. The molecule has 1 aromatic heterocycles. The van der Waals surface area contributed by atoms with E-state index in [9.17, 15) is 22.8 Å². The lowest BCUT2D eigenvalue weighted by molar-refractivity contribution is -0.166. The summed E-state index contributed by atoms with van der Waals surface area (Å²) in [5.74, 6) is -4.64. The van der Waals surface area contributed by atoms with Gasteiger partial charge in [0.2, 0.25) is 0 Å². The van der Waals surface area contributed by atoms with E-state index in [2.05, 4.69) is 10.00 Å². The molecule has 0 saturated carbocycles. The molecule has 0 aliphatic carbocycles. The summed E-state index contributed by atoms with van der Waals surface area (Å²) in [4.78, 5) is 28.2. The Bertz CT molecular complexity index is 1440. The van der Waals surface area contributed by atoms with Gasteiger partial charge in [0.05, 0.1) is 30.5 Å². The van der Waals surface area contributed by atoms with E-state index in [1.165, 1.54) is 13.2 Å². The lowest BCUT2D eigenvalue weighted by Crippen LogP contribution is -2.71. The summed E-state index contributed by atoms with van der Waals surface area (Å²) in [5.41, 5.74) is 1.06. The summed E-state index contributed by atoms with van der Waals surface area (Å²) in [6.07, 6.45) is 2.32. The minimum Gasteiger partial charge on any atom is -0.465 e. The SMILES string of the molecule is COC(=O)c1ccc(N2CC3(CN(CCc4cn(C(C)(C)C)nc4-c4ccc(F)c(F)c4F)C3)OCC2=O)cc1. The molecule has 1 amide bonds. The Kier molecular flexibility index (Phi) is 7.22. The number of anilines is 1. The normalized spacial score (nSPS) is 17.3. The van der Waals surface area contributed by atoms with E-state index in [0.29, 0.717) is 49.4 Å². The number of nitrogens with zero attached hydrogens (tertiary/aromatic N) is 4. The van der Waals surface area contributed by atoms with Crippen molar-refractivity contribution in [1.82, 2.24) is 14.7 Å². The molecule has 40 heavy (non-hydrogen) atoms. The first-order valence-corrected chi connectivity index (χ1v) is 13.0. The maximum absolute atomic E-state index is 14.7. The maximum atomic E-state index is 14.7. The van der Waals surface area contributed by atoms with E-state index >= 15 is 0 Å². The molecule has 2 aliphatic rings. The number of hydrogen-bond acceptors (Lipinski definition) is 6. The molecule has 2 aromatic carbocycles. The fraction of sp³-hybridized carbons (Fsp3) is 0.414. The van der Waals surface area contributed by atoms with Crippen molar-refractivity contribution in [2.75, 3.05) is 44.8 Å². The van der Waals surface area contributed by atoms with Gasteiger partial charge in [-0.1, -0.05) is 0 Å². The number of ether oxygens (including phenoxy) is 2. The van der Waals surface area contributed by atoms with E-state index in [-0.39, 0.29) is 23.8 Å². The molecule has 0 N–H and O–H groups in total. The highest BCUT2D eigenvalue weighted by Crippen LogP contribution is 2.34. The summed E-state index contributed by atoms with van der Waals surface area (Å²) in [7, 11) is 1.31. The Morgan fingerprint density at radius 2 is 1.75 bits per heavy atom. The van der Waals surface area contributed by atoms with Gasteiger partial charge in [-0.15, -0.1) is 0 Å². The van der Waals surface area contributed by atoms with E-state index < -0.39 is 34.6 Å². The summed E-state index contributed by atoms with van der Waals surface area (Å²) in [5, 5.41) is 4.53. The van der Waals surface area contributed by atoms with Gasteiger partial charge in [-0.05, 0) is 69.2 Å². The molecule has 1 spiro atoms. The number of likely N-dealkylation sites (tertiary alicyclic amines) is 1. The molecule has 3 heterocycles. The predicted octanol–water partition coefficient (Wildman–Crippen LogP) is 4.17. The van der Waals surface area contributed by atoms with Crippen LogP contribution in [0.1, 0.15) is 36.7 Å². The highest BCUT2D eigenvalue weighted by molar-refractivity contribution is 5.96. The third-order valence-electron chi connectivity index (χ3n) is 7.34. The summed E-state index contributed by atoms with van der Waals surface area (Å²) in [6.45, 7) is 7.93. The van der Waals surface area contributed by atoms with Crippen LogP contribution in [-0.4, -0.2) is 72.1 Å². The Morgan fingerprint density at radius 1 is 1.05 bits per heavy atom. The van der Waals surface area contributed by atoms with E-state index in [0.717, 1.165) is 6.07 Å². The molecule has 2 saturated heterocycles. The second-order valence-corrected chi connectivity index (χ2v) is 11.3. The lowest BCUT2D eigenvalue weighted by atomic mass is 9.90. The molecule has 0 radical (unpaired) electrons. The van der Waals surface area contributed by atoms with Crippen LogP contribution in [0.25, 0.3) is 11.3 Å². The Balaban J connectivity index is 1.28. The zero-order chi connectivity index (χ0) is 28.8. The van der Waals surface area contributed by atoms with Crippen molar-refractivity contribution in [2.45, 2.75) is 38.3 Å². The predicted molar refractivity (Wildman–Crippen MR) is 141 cm³/mol. The summed E-state index contributed by atoms with van der Waals surface area (Å²) >= 11 is 0. The molecule has 212 valence electrons. The van der Waals surface area contributed by atoms with Crippen molar-refractivity contribution in [3.63, 3.8) is 0 Å². The van der Waals surface area contributed by atoms with Gasteiger partial charge in [0.25, 0.3) is 5.91 Å². The molecule has 0 unspecified atom stereocenters. The average molecular weight is 557 g/mol. The first kappa shape index (κ1) is 27.9. The van der Waals surface area contributed by atoms with Gasteiger partial charge in [-0.25, -0.2) is 18.0 Å². The van der Waals surface area contributed by atoms with Crippen LogP contribution >= 0.6 is 0 Å². The number of rotatable bonds is 6. The number of esters is 1. The van der Waals surface area contributed by atoms with Crippen LogP contribution in [0.2, 0.25) is 0 Å². The smallest absolute Gasteiger partial charge is 0.337 e. The maximum Gasteiger partial charge on any atom is 0.337 e. The molecule has 11 heteroatoms. The number of hydrogen-bond donors (Lipinski definition) is 0. The van der Waals surface area contributed by atoms with Gasteiger partial charge in [-0.3, -0.25) is 14.4 Å². The van der Waals surface area contributed by atoms with Crippen LogP contribution < -0.4 is 4.90 Å². The number of morpholine rings is 1. The molecular weight excluding hydrogens is 525 g/mol. The third kappa shape index (κ3) is 5.23. The minimum atomic E-state index is -1.52. The first-order valence-electron chi connectivity index (χ1n) is 13.0. The van der Waals surface area contributed by atoms with Crippen molar-refractivity contribution in [1.29, 1.82) is 0 Å². The minimum absolute atomic E-state index is 0.0511. The number of aromatic nitrogens is 2. The number of carbonyl (C=O) groups excluding carboxylic acids is 2. The number of halogens is 3. The summed E-state index contributed by atoms with van der Waals surface area (Å²) < 4.78 is 54.7. The van der Waals surface area contributed by atoms with Gasteiger partial charge >= 0.3 is 5.97 Å². The van der Waals surface area contributed by atoms with Crippen molar-refractivity contribution in [3.8, 4) is 11.3 Å². The van der Waals surface area contributed by atoms with Crippen molar-refractivity contribution in [3.05, 3.63) is 71.2 Å². The van der Waals surface area contributed by atoms with Gasteiger partial charge < -0.3 is 14.4 Å². The van der Waals surface area contributed by atoms with Gasteiger partial charge in [0.15, 0.2) is 17.5 Å². The first-order chi connectivity index (χ1) is 18.9. The lowest BCUT2D eigenvalue weighted by Gasteiger charge is -2.53. The van der Waals surface area contributed by atoms with Gasteiger partial charge in [0.1, 0.15) is 12.2 Å².